The predicted molar refractivity (Wildman–Crippen MR) is 149 cm³/mol. The summed E-state index contributed by atoms with van der Waals surface area (Å²) in [7, 11) is 0. The number of aromatic nitrogens is 1. The average Bonchev–Trinajstić information content (AvgIpc) is 3.37. The number of piperazine rings is 1. The van der Waals surface area contributed by atoms with Crippen LogP contribution in [0.4, 0.5) is 5.82 Å². The first-order chi connectivity index (χ1) is 17.7. The van der Waals surface area contributed by atoms with Crippen molar-refractivity contribution in [1.82, 2.24) is 14.6 Å². The highest BCUT2D eigenvalue weighted by atomic mass is 32.1. The molecule has 6 rings (SSSR count). The molecule has 1 unspecified atom stereocenters. The zero-order valence-corrected chi connectivity index (χ0v) is 22.0. The van der Waals surface area contributed by atoms with Crippen molar-refractivity contribution in [2.45, 2.75) is 44.9 Å². The van der Waals surface area contributed by atoms with Crippen molar-refractivity contribution < 1.29 is 4.79 Å². The molecule has 6 heteroatoms. The second-order valence-corrected chi connectivity index (χ2v) is 11.9. The maximum Gasteiger partial charge on any atom is 0.223 e. The molecule has 1 amide bonds. The van der Waals surface area contributed by atoms with Crippen molar-refractivity contribution in [3.63, 3.8) is 0 Å². The number of carbonyl (C=O) groups is 1. The van der Waals surface area contributed by atoms with E-state index >= 15 is 0 Å². The first-order valence-electron chi connectivity index (χ1n) is 13.9. The Labute approximate surface area is 219 Å². The van der Waals surface area contributed by atoms with Crippen LogP contribution in [0.1, 0.15) is 43.2 Å². The molecule has 5 nitrogen and oxygen atoms in total. The number of hydrogen-bond donors (Lipinski definition) is 1. The number of carbonyl (C=O) groups excluding carboxylic acids is 1. The minimum atomic E-state index is 0.136. The molecular formula is C30H38N4OS. The SMILES string of the molecule is O=C(NC[C@H]1CCCC[C@H]1CN1CCN(c2nsc3ccccc23)CC1)C1CCc2ccccc2C1. The molecule has 0 spiro atoms. The highest BCUT2D eigenvalue weighted by Gasteiger charge is 2.30. The summed E-state index contributed by atoms with van der Waals surface area (Å²) in [6, 6.07) is 17.2. The monoisotopic (exact) mass is 502 g/mol. The first kappa shape index (κ1) is 23.9. The van der Waals surface area contributed by atoms with E-state index < -0.39 is 0 Å². The lowest BCUT2D eigenvalue weighted by Gasteiger charge is -2.40. The van der Waals surface area contributed by atoms with Crippen LogP contribution in [0.25, 0.3) is 10.1 Å². The molecule has 36 heavy (non-hydrogen) atoms. The van der Waals surface area contributed by atoms with Crippen molar-refractivity contribution in [3.05, 3.63) is 59.7 Å². The fraction of sp³-hybridized carbons (Fsp3) is 0.533. The number of anilines is 1. The standard InChI is InChI=1S/C30H38N4OS/c35-30(24-14-13-22-7-1-2-8-23(22)19-24)31-20-25-9-3-4-10-26(25)21-33-15-17-34(18-16-33)29-27-11-5-6-12-28(27)36-32-29/h1-2,5-8,11-12,24-26H,3-4,9-10,13-21H2,(H,31,35)/t24?,25-,26+/m1/s1. The van der Waals surface area contributed by atoms with Gasteiger partial charge >= 0.3 is 0 Å². The molecule has 1 N–H and O–H groups in total. The van der Waals surface area contributed by atoms with Gasteiger partial charge in [-0.3, -0.25) is 9.69 Å². The molecule has 2 fully saturated rings. The number of amides is 1. The third-order valence-corrected chi connectivity index (χ3v) is 9.66. The zero-order chi connectivity index (χ0) is 24.3. The van der Waals surface area contributed by atoms with Gasteiger partial charge in [0.15, 0.2) is 0 Å². The maximum atomic E-state index is 13.1. The molecule has 3 atom stereocenters. The van der Waals surface area contributed by atoms with Gasteiger partial charge in [0, 0.05) is 50.6 Å². The zero-order valence-electron chi connectivity index (χ0n) is 21.2. The summed E-state index contributed by atoms with van der Waals surface area (Å²) in [5.74, 6) is 2.88. The highest BCUT2D eigenvalue weighted by Crippen LogP contribution is 2.33. The van der Waals surface area contributed by atoms with E-state index in [0.29, 0.717) is 11.8 Å². The molecule has 3 aliphatic rings. The van der Waals surface area contributed by atoms with Gasteiger partial charge in [-0.1, -0.05) is 49.2 Å². The van der Waals surface area contributed by atoms with Crippen molar-refractivity contribution in [3.8, 4) is 0 Å². The molecule has 1 aliphatic heterocycles. The number of hydrogen-bond acceptors (Lipinski definition) is 5. The Morgan fingerprint density at radius 2 is 1.67 bits per heavy atom. The first-order valence-corrected chi connectivity index (χ1v) is 14.7. The topological polar surface area (TPSA) is 48.5 Å². The maximum absolute atomic E-state index is 13.1. The van der Waals surface area contributed by atoms with Crippen LogP contribution in [0, 0.1) is 17.8 Å². The number of benzene rings is 2. The van der Waals surface area contributed by atoms with Crippen LogP contribution in [0.3, 0.4) is 0 Å². The summed E-state index contributed by atoms with van der Waals surface area (Å²) in [5.41, 5.74) is 2.79. The summed E-state index contributed by atoms with van der Waals surface area (Å²) in [4.78, 5) is 18.2. The third-order valence-electron chi connectivity index (χ3n) is 8.85. The van der Waals surface area contributed by atoms with Crippen molar-refractivity contribution >= 4 is 33.3 Å². The number of nitrogens with one attached hydrogen (secondary N) is 1. The van der Waals surface area contributed by atoms with Crippen LogP contribution in [0.2, 0.25) is 0 Å². The van der Waals surface area contributed by atoms with Gasteiger partial charge in [-0.25, -0.2) is 0 Å². The lowest BCUT2D eigenvalue weighted by Crippen LogP contribution is -2.49. The molecule has 1 saturated carbocycles. The number of nitrogens with zero attached hydrogens (tertiary/aromatic N) is 3. The summed E-state index contributed by atoms with van der Waals surface area (Å²) in [6.07, 6.45) is 8.10. The van der Waals surface area contributed by atoms with Crippen LogP contribution in [0.15, 0.2) is 48.5 Å². The van der Waals surface area contributed by atoms with E-state index in [0.717, 1.165) is 52.0 Å². The molecule has 0 radical (unpaired) electrons. The third kappa shape index (κ3) is 5.16. The molecule has 190 valence electrons. The van der Waals surface area contributed by atoms with E-state index in [1.54, 1.807) is 11.5 Å². The molecule has 2 aromatic carbocycles. The molecule has 2 aliphatic carbocycles. The highest BCUT2D eigenvalue weighted by molar-refractivity contribution is 7.13. The average molecular weight is 503 g/mol. The van der Waals surface area contributed by atoms with Crippen LogP contribution in [0.5, 0.6) is 0 Å². The Hall–Kier alpha value is -2.44. The molecular weight excluding hydrogens is 464 g/mol. The van der Waals surface area contributed by atoms with E-state index in [4.69, 9.17) is 4.37 Å². The Morgan fingerprint density at radius 3 is 2.53 bits per heavy atom. The van der Waals surface area contributed by atoms with E-state index in [1.165, 1.54) is 59.3 Å². The van der Waals surface area contributed by atoms with Gasteiger partial charge < -0.3 is 10.2 Å². The smallest absolute Gasteiger partial charge is 0.223 e. The van der Waals surface area contributed by atoms with Gasteiger partial charge in [-0.2, -0.15) is 4.37 Å². The number of rotatable bonds is 6. The second kappa shape index (κ2) is 10.9. The number of aryl methyl sites for hydroxylation is 1. The van der Waals surface area contributed by atoms with Crippen molar-refractivity contribution in [2.24, 2.45) is 17.8 Å². The summed E-state index contributed by atoms with van der Waals surface area (Å²) in [5, 5.41) is 4.68. The van der Waals surface area contributed by atoms with E-state index in [-0.39, 0.29) is 11.8 Å². The van der Waals surface area contributed by atoms with Crippen molar-refractivity contribution in [2.75, 3.05) is 44.2 Å². The molecule has 0 bridgehead atoms. The Kier molecular flexibility index (Phi) is 7.24. The summed E-state index contributed by atoms with van der Waals surface area (Å²) in [6.45, 7) is 6.32. The lowest BCUT2D eigenvalue weighted by atomic mass is 9.78. The fourth-order valence-electron chi connectivity index (χ4n) is 6.67. The van der Waals surface area contributed by atoms with Crippen LogP contribution < -0.4 is 10.2 Å². The van der Waals surface area contributed by atoms with Gasteiger partial charge in [0.05, 0.1) is 4.70 Å². The molecule has 1 saturated heterocycles. The predicted octanol–water partition coefficient (Wildman–Crippen LogP) is 5.15. The number of fused-ring (bicyclic) bond motifs is 2. The van der Waals surface area contributed by atoms with Gasteiger partial charge in [-0.05, 0) is 78.7 Å². The Balaban J connectivity index is 1.00. The van der Waals surface area contributed by atoms with Crippen LogP contribution >= 0.6 is 11.5 Å². The Morgan fingerprint density at radius 1 is 0.917 bits per heavy atom. The van der Waals surface area contributed by atoms with Crippen molar-refractivity contribution in [1.29, 1.82) is 0 Å². The normalized spacial score (nSPS) is 25.0. The summed E-state index contributed by atoms with van der Waals surface area (Å²) >= 11 is 1.61. The largest absolute Gasteiger partial charge is 0.356 e. The molecule has 1 aromatic heterocycles. The molecule has 2 heterocycles. The van der Waals surface area contributed by atoms with Gasteiger partial charge in [0.2, 0.25) is 5.91 Å². The van der Waals surface area contributed by atoms with E-state index in [2.05, 4.69) is 63.6 Å². The molecule has 3 aromatic rings. The quantitative estimate of drug-likeness (QED) is 0.507. The Bertz CT molecular complexity index is 1180. The lowest BCUT2D eigenvalue weighted by molar-refractivity contribution is -0.125. The van der Waals surface area contributed by atoms with Gasteiger partial charge in [0.1, 0.15) is 5.82 Å². The van der Waals surface area contributed by atoms with Crippen LogP contribution in [-0.2, 0) is 17.6 Å². The minimum absolute atomic E-state index is 0.136. The minimum Gasteiger partial charge on any atom is -0.356 e. The van der Waals surface area contributed by atoms with E-state index in [9.17, 15) is 4.79 Å². The fourth-order valence-corrected chi connectivity index (χ4v) is 7.46. The van der Waals surface area contributed by atoms with E-state index in [1.807, 2.05) is 0 Å². The summed E-state index contributed by atoms with van der Waals surface area (Å²) < 4.78 is 6.05. The van der Waals surface area contributed by atoms with Crippen LogP contribution in [-0.4, -0.2) is 54.4 Å². The van der Waals surface area contributed by atoms with Gasteiger partial charge in [-0.15, -0.1) is 0 Å². The second-order valence-electron chi connectivity index (χ2n) is 11.0. The van der Waals surface area contributed by atoms with Gasteiger partial charge in [0.25, 0.3) is 0 Å².